The van der Waals surface area contributed by atoms with Gasteiger partial charge in [-0.25, -0.2) is 0 Å². The first kappa shape index (κ1) is 22.4. The summed E-state index contributed by atoms with van der Waals surface area (Å²) in [6, 6.07) is 0. The van der Waals surface area contributed by atoms with E-state index in [4.69, 9.17) is 4.74 Å². The zero-order chi connectivity index (χ0) is 21.5. The molecule has 2 nitrogen and oxygen atoms in total. The van der Waals surface area contributed by atoms with E-state index in [-0.39, 0.29) is 6.10 Å². The van der Waals surface area contributed by atoms with Crippen molar-refractivity contribution in [1.82, 2.24) is 0 Å². The summed E-state index contributed by atoms with van der Waals surface area (Å²) in [5.74, 6) is 5.32. The van der Waals surface area contributed by atoms with Gasteiger partial charge in [-0.1, -0.05) is 65.5 Å². The maximum atomic E-state index is 10.8. The Balaban J connectivity index is 1.47. The van der Waals surface area contributed by atoms with Crippen LogP contribution < -0.4 is 0 Å². The molecule has 0 aromatic rings. The summed E-state index contributed by atoms with van der Waals surface area (Å²) in [7, 11) is 0. The van der Waals surface area contributed by atoms with Crippen LogP contribution in [0, 0.1) is 46.3 Å². The van der Waals surface area contributed by atoms with E-state index < -0.39 is 0 Å². The Morgan fingerprint density at radius 1 is 1.07 bits per heavy atom. The van der Waals surface area contributed by atoms with Crippen molar-refractivity contribution in [2.45, 2.75) is 111 Å². The molecule has 4 rings (SSSR count). The molecule has 30 heavy (non-hydrogen) atoms. The Labute approximate surface area is 185 Å². The second kappa shape index (κ2) is 8.62. The summed E-state index contributed by atoms with van der Waals surface area (Å²) in [6.45, 7) is 13.2. The van der Waals surface area contributed by atoms with Crippen LogP contribution in [0.4, 0.5) is 0 Å². The number of rotatable bonds is 7. The Morgan fingerprint density at radius 3 is 2.60 bits per heavy atom. The van der Waals surface area contributed by atoms with E-state index >= 15 is 0 Å². The van der Waals surface area contributed by atoms with Gasteiger partial charge in [0, 0.05) is 6.42 Å². The van der Waals surface area contributed by atoms with Crippen LogP contribution in [-0.2, 0) is 9.53 Å². The fraction of sp³-hybridized carbons (Fsp3) is 0.893. The molecule has 0 bridgehead atoms. The molecule has 0 aromatic carbocycles. The molecule has 0 unspecified atom stereocenters. The number of hydrogen-bond donors (Lipinski definition) is 0. The monoisotopic (exact) mass is 414 g/mol. The Hall–Kier alpha value is -0.790. The third kappa shape index (κ3) is 3.79. The Bertz CT molecular complexity index is 651. The lowest BCUT2D eigenvalue weighted by molar-refractivity contribution is -0.136. The minimum absolute atomic E-state index is 0.120. The smallest absolute Gasteiger partial charge is 0.293 e. The van der Waals surface area contributed by atoms with Crippen molar-refractivity contribution in [1.29, 1.82) is 0 Å². The molecule has 2 heteroatoms. The second-order valence-electron chi connectivity index (χ2n) is 12.4. The second-order valence-corrected chi connectivity index (χ2v) is 12.4. The molecule has 0 radical (unpaired) electrons. The normalized spacial score (nSPS) is 43.9. The number of ether oxygens (including phenoxy) is 1. The molecule has 4 aliphatic rings. The van der Waals surface area contributed by atoms with Gasteiger partial charge in [0.05, 0.1) is 0 Å². The third-order valence-corrected chi connectivity index (χ3v) is 10.5. The number of fused-ring (bicyclic) bond motifs is 5. The van der Waals surface area contributed by atoms with Crippen molar-refractivity contribution in [3.8, 4) is 0 Å². The average Bonchev–Trinajstić information content (AvgIpc) is 3.05. The highest BCUT2D eigenvalue weighted by Crippen LogP contribution is 2.67. The number of hydrogen-bond acceptors (Lipinski definition) is 2. The highest BCUT2D eigenvalue weighted by atomic mass is 16.5. The zero-order valence-electron chi connectivity index (χ0n) is 20.3. The Morgan fingerprint density at radius 2 is 1.87 bits per heavy atom. The van der Waals surface area contributed by atoms with Crippen LogP contribution in [-0.4, -0.2) is 12.6 Å². The number of allylic oxidation sites excluding steroid dienone is 1. The highest BCUT2D eigenvalue weighted by Gasteiger charge is 2.59. The minimum Gasteiger partial charge on any atom is -0.464 e. The summed E-state index contributed by atoms with van der Waals surface area (Å²) in [5.41, 5.74) is 2.54. The molecule has 170 valence electrons. The quantitative estimate of drug-likeness (QED) is 0.317. The third-order valence-electron chi connectivity index (χ3n) is 10.5. The van der Waals surface area contributed by atoms with Crippen LogP contribution in [0.2, 0.25) is 0 Å². The first-order valence-corrected chi connectivity index (χ1v) is 13.1. The largest absolute Gasteiger partial charge is 0.464 e. The van der Waals surface area contributed by atoms with Crippen LogP contribution in [0.5, 0.6) is 0 Å². The lowest BCUT2D eigenvalue weighted by Crippen LogP contribution is -2.51. The lowest BCUT2D eigenvalue weighted by atomic mass is 9.47. The van der Waals surface area contributed by atoms with Crippen molar-refractivity contribution in [2.75, 3.05) is 0 Å². The molecule has 0 spiro atoms. The van der Waals surface area contributed by atoms with Gasteiger partial charge < -0.3 is 4.74 Å². The van der Waals surface area contributed by atoms with Crippen molar-refractivity contribution in [2.24, 2.45) is 46.3 Å². The fourth-order valence-electron chi connectivity index (χ4n) is 8.85. The van der Waals surface area contributed by atoms with E-state index in [2.05, 4.69) is 40.7 Å². The van der Waals surface area contributed by atoms with Gasteiger partial charge >= 0.3 is 0 Å². The first-order chi connectivity index (χ1) is 14.3. The predicted octanol–water partition coefficient (Wildman–Crippen LogP) is 7.57. The van der Waals surface area contributed by atoms with Gasteiger partial charge in [-0.05, 0) is 91.3 Å². The molecule has 0 heterocycles. The highest BCUT2D eigenvalue weighted by molar-refractivity contribution is 5.38. The van der Waals surface area contributed by atoms with Crippen molar-refractivity contribution < 1.29 is 9.53 Å². The molecular formula is C28H46O2. The van der Waals surface area contributed by atoms with Crippen LogP contribution in [0.1, 0.15) is 105 Å². The predicted molar refractivity (Wildman–Crippen MR) is 124 cm³/mol. The zero-order valence-corrected chi connectivity index (χ0v) is 20.3. The molecule has 0 N–H and O–H groups in total. The fourth-order valence-corrected chi connectivity index (χ4v) is 8.85. The molecular weight excluding hydrogens is 368 g/mol. The molecule has 0 amide bonds. The number of carbonyl (C=O) groups is 1. The molecule has 3 fully saturated rings. The molecule has 0 aromatic heterocycles. The van der Waals surface area contributed by atoms with E-state index in [1.54, 1.807) is 5.57 Å². The summed E-state index contributed by atoms with van der Waals surface area (Å²) in [4.78, 5) is 10.8. The molecule has 0 saturated heterocycles. The summed E-state index contributed by atoms with van der Waals surface area (Å²) < 4.78 is 5.36. The van der Waals surface area contributed by atoms with Gasteiger partial charge in [-0.3, -0.25) is 4.79 Å². The molecule has 0 aliphatic heterocycles. The van der Waals surface area contributed by atoms with Gasteiger partial charge in [0.25, 0.3) is 6.47 Å². The van der Waals surface area contributed by atoms with E-state index in [0.717, 1.165) is 48.3 Å². The number of carbonyl (C=O) groups excluding carboxylic acids is 1. The summed E-state index contributed by atoms with van der Waals surface area (Å²) in [5, 5.41) is 0. The van der Waals surface area contributed by atoms with E-state index in [0.29, 0.717) is 17.3 Å². The average molecular weight is 415 g/mol. The maximum Gasteiger partial charge on any atom is 0.293 e. The molecule has 4 aliphatic carbocycles. The van der Waals surface area contributed by atoms with E-state index in [9.17, 15) is 4.79 Å². The van der Waals surface area contributed by atoms with Crippen LogP contribution in [0.3, 0.4) is 0 Å². The standard InChI is InChI=1S/C28H46O2/c1-19(2)7-6-8-20(3)24-11-12-25-23-10-9-21-17-22(30-18-29)13-15-27(21,4)26(23)14-16-28(24,25)5/h9,18-20,22-26H,6-8,10-17H2,1-5H3/t20-,22+,23-,24-,25+,26+,27-,28+/m0/s1. The van der Waals surface area contributed by atoms with Crippen molar-refractivity contribution in [3.05, 3.63) is 11.6 Å². The van der Waals surface area contributed by atoms with Gasteiger partial charge in [0.2, 0.25) is 0 Å². The van der Waals surface area contributed by atoms with Crippen molar-refractivity contribution >= 4 is 6.47 Å². The molecule has 8 atom stereocenters. The van der Waals surface area contributed by atoms with E-state index in [1.807, 2.05) is 0 Å². The summed E-state index contributed by atoms with van der Waals surface area (Å²) in [6.07, 6.45) is 17.2. The summed E-state index contributed by atoms with van der Waals surface area (Å²) >= 11 is 0. The van der Waals surface area contributed by atoms with Crippen molar-refractivity contribution in [3.63, 3.8) is 0 Å². The van der Waals surface area contributed by atoms with Gasteiger partial charge in [-0.15, -0.1) is 0 Å². The molecule has 3 saturated carbocycles. The van der Waals surface area contributed by atoms with Crippen LogP contribution in [0.25, 0.3) is 0 Å². The van der Waals surface area contributed by atoms with Crippen LogP contribution >= 0.6 is 0 Å². The van der Waals surface area contributed by atoms with E-state index in [1.165, 1.54) is 57.8 Å². The maximum absolute atomic E-state index is 10.8. The first-order valence-electron chi connectivity index (χ1n) is 13.1. The minimum atomic E-state index is 0.120. The van der Waals surface area contributed by atoms with Gasteiger partial charge in [-0.2, -0.15) is 0 Å². The van der Waals surface area contributed by atoms with Gasteiger partial charge in [0.1, 0.15) is 6.10 Å². The topological polar surface area (TPSA) is 26.3 Å². The Kier molecular flexibility index (Phi) is 6.44. The van der Waals surface area contributed by atoms with Gasteiger partial charge in [0.15, 0.2) is 0 Å². The van der Waals surface area contributed by atoms with Crippen LogP contribution in [0.15, 0.2) is 11.6 Å². The SMILES string of the molecule is CC(C)CCC[C@H](C)[C@@H]1CC[C@@H]2[C@@H]3CC=C4C[C@H](OC=O)CC[C@]4(C)[C@@H]3CC[C@@]21C. The lowest BCUT2D eigenvalue weighted by Gasteiger charge is -2.58.